The fourth-order valence-corrected chi connectivity index (χ4v) is 13.4. The quantitative estimate of drug-likeness (QED) is 0.0970. The van der Waals surface area contributed by atoms with Crippen LogP contribution in [0.4, 0.5) is 0 Å². The number of halogens is 3. The molecule has 0 aliphatic carbocycles. The number of aromatic nitrogens is 10. The zero-order chi connectivity index (χ0) is 72.6. The minimum atomic E-state index is -0.327. The summed E-state index contributed by atoms with van der Waals surface area (Å²) in [6.07, 6.45) is 14.7. The van der Waals surface area contributed by atoms with Crippen molar-refractivity contribution < 1.29 is 9.31 Å². The molecule has 0 atom stereocenters. The second kappa shape index (κ2) is 31.4. The van der Waals surface area contributed by atoms with E-state index >= 15 is 0 Å². The SMILES string of the molecule is Brc1ccc(-c2nnc(-c3ccc(Br)cc3)n2-c2ccc(Br)cc2)cc1.CC1(C)OB(c2cccc(-c3cccnc3)c2)OC1(C)C.c1cncc(-c2cccc(-c3ccc(-c4nnc(-c5ccc(-c6cccc(-c7cccnc7)c6)cc5)n4-c4ccc(-c5cccc(-c6cccnc6)c5)cc4)cc3)c2)c1. The van der Waals surface area contributed by atoms with Gasteiger partial charge in [-0.05, 0) is 197 Å². The van der Waals surface area contributed by atoms with Crippen LogP contribution in [-0.4, -0.2) is 67.8 Å². The molecule has 1 aliphatic heterocycles. The second-order valence-electron chi connectivity index (χ2n) is 26.5. The normalized spacial score (nSPS) is 12.7. The van der Waals surface area contributed by atoms with Crippen molar-refractivity contribution in [3.05, 3.63) is 354 Å². The number of rotatable bonds is 14. The lowest BCUT2D eigenvalue weighted by molar-refractivity contribution is 0.00578. The summed E-state index contributed by atoms with van der Waals surface area (Å²) in [5.41, 5.74) is 21.9. The maximum atomic E-state index is 6.10. The van der Waals surface area contributed by atoms with E-state index in [1.807, 2.05) is 122 Å². The van der Waals surface area contributed by atoms with Gasteiger partial charge in [-0.3, -0.25) is 29.1 Å². The predicted molar refractivity (Wildman–Crippen MR) is 439 cm³/mol. The van der Waals surface area contributed by atoms with Crippen molar-refractivity contribution in [2.75, 3.05) is 0 Å². The molecule has 12 nitrogen and oxygen atoms in total. The van der Waals surface area contributed by atoms with Crippen molar-refractivity contribution in [3.8, 4) is 135 Å². The molecule has 0 saturated carbocycles. The minimum absolute atomic E-state index is 0.317. The predicted octanol–water partition coefficient (Wildman–Crippen LogP) is 22.7. The average molecular weight is 1570 g/mol. The summed E-state index contributed by atoms with van der Waals surface area (Å²) in [5, 5.41) is 18.7. The van der Waals surface area contributed by atoms with E-state index in [4.69, 9.17) is 19.5 Å². The van der Waals surface area contributed by atoms with Crippen molar-refractivity contribution in [1.82, 2.24) is 49.5 Å². The van der Waals surface area contributed by atoms with E-state index in [0.29, 0.717) is 0 Å². The first-order valence-corrected chi connectivity index (χ1v) is 37.0. The van der Waals surface area contributed by atoms with Crippen molar-refractivity contribution in [1.29, 1.82) is 0 Å². The van der Waals surface area contributed by atoms with Crippen LogP contribution >= 0.6 is 47.8 Å². The Morgan fingerprint density at radius 2 is 0.491 bits per heavy atom. The summed E-state index contributed by atoms with van der Waals surface area (Å²) in [5.74, 6) is 3.13. The molecule has 17 rings (SSSR count). The smallest absolute Gasteiger partial charge is 0.399 e. The Balaban J connectivity index is 0.000000156. The Hall–Kier alpha value is -11.5. The van der Waals surface area contributed by atoms with E-state index in [1.165, 1.54) is 0 Å². The van der Waals surface area contributed by atoms with Gasteiger partial charge in [-0.1, -0.05) is 236 Å². The van der Waals surface area contributed by atoms with Gasteiger partial charge in [-0.15, -0.1) is 20.4 Å². The monoisotopic (exact) mass is 1570 g/mol. The summed E-state index contributed by atoms with van der Waals surface area (Å²) in [4.78, 5) is 17.1. The number of benzene rings is 10. The van der Waals surface area contributed by atoms with Gasteiger partial charge in [0.25, 0.3) is 0 Å². The summed E-state index contributed by atoms with van der Waals surface area (Å²) >= 11 is 10.5. The van der Waals surface area contributed by atoms with Gasteiger partial charge >= 0.3 is 7.12 Å². The third-order valence-corrected chi connectivity index (χ3v) is 20.6. The molecular formula is C90H68BBr3N10O2. The molecular weight excluding hydrogens is 1500 g/mol. The summed E-state index contributed by atoms with van der Waals surface area (Å²) < 4.78 is 19.5. The van der Waals surface area contributed by atoms with Gasteiger partial charge in [0.1, 0.15) is 0 Å². The third-order valence-electron chi connectivity index (χ3n) is 19.0. The zero-order valence-corrected chi connectivity index (χ0v) is 63.1. The maximum Gasteiger partial charge on any atom is 0.494 e. The molecule has 6 aromatic heterocycles. The van der Waals surface area contributed by atoms with Crippen LogP contribution in [0.3, 0.4) is 0 Å². The fraction of sp³-hybridized carbons (Fsp3) is 0.0667. The van der Waals surface area contributed by atoms with E-state index in [1.54, 1.807) is 24.8 Å². The topological polar surface area (TPSA) is 131 Å². The van der Waals surface area contributed by atoms with Crippen molar-refractivity contribution in [2.24, 2.45) is 0 Å². The number of pyridine rings is 4. The molecule has 1 aliphatic rings. The maximum absolute atomic E-state index is 6.10. The van der Waals surface area contributed by atoms with Crippen LogP contribution in [0.2, 0.25) is 0 Å². The Labute approximate surface area is 642 Å². The first-order valence-electron chi connectivity index (χ1n) is 34.6. The summed E-state index contributed by atoms with van der Waals surface area (Å²) in [6.45, 7) is 8.27. The van der Waals surface area contributed by atoms with Crippen LogP contribution in [0.1, 0.15) is 27.7 Å². The van der Waals surface area contributed by atoms with Crippen LogP contribution in [0.5, 0.6) is 0 Å². The molecule has 1 fully saturated rings. The van der Waals surface area contributed by atoms with Crippen LogP contribution in [0.15, 0.2) is 354 Å². The van der Waals surface area contributed by atoms with Crippen molar-refractivity contribution in [2.45, 2.75) is 38.9 Å². The molecule has 1 saturated heterocycles. The lowest BCUT2D eigenvalue weighted by Crippen LogP contribution is -2.41. The molecule has 106 heavy (non-hydrogen) atoms. The van der Waals surface area contributed by atoms with Crippen LogP contribution in [0, 0.1) is 0 Å². The zero-order valence-electron chi connectivity index (χ0n) is 58.3. The number of nitrogens with zero attached hydrogens (tertiary/aromatic N) is 10. The highest BCUT2D eigenvalue weighted by atomic mass is 79.9. The molecule has 0 N–H and O–H groups in total. The molecule has 0 spiro atoms. The van der Waals surface area contributed by atoms with Gasteiger partial charge in [-0.2, -0.15) is 0 Å². The van der Waals surface area contributed by atoms with Gasteiger partial charge in [0.15, 0.2) is 23.3 Å². The van der Waals surface area contributed by atoms with E-state index in [-0.39, 0.29) is 18.3 Å². The largest absolute Gasteiger partial charge is 0.494 e. The molecule has 0 amide bonds. The summed E-state index contributed by atoms with van der Waals surface area (Å²) in [6, 6.07) is 100. The standard InChI is InChI=1S/C53H36N6.C20H12Br3N3.C17H20BNO2/c1-7-42(31-45(10-1)48-13-4-28-54-34-48)37-16-20-40(21-17-37)52-57-58-53(41-22-18-38(19-23-41)43-8-2-11-46(32-43)49-14-5-29-55-35-49)59(52)51-26-24-39(25-27-51)44-9-3-12-47(33-44)50-15-6-30-56-36-50;21-15-5-1-13(2-6-15)19-24-25-20(14-3-7-16(22)8-4-14)26(19)18-11-9-17(23)10-12-18;1-16(2)17(3,4)21-18(20-16)15-9-5-7-13(11-15)14-8-6-10-19-12-14/h1-36H;1-12H;5-12H,1-4H3. The second-order valence-corrected chi connectivity index (χ2v) is 29.2. The number of hydrogen-bond donors (Lipinski definition) is 0. The molecule has 7 heterocycles. The van der Waals surface area contributed by atoms with Gasteiger partial charge < -0.3 is 9.31 Å². The lowest BCUT2D eigenvalue weighted by atomic mass is 9.78. The van der Waals surface area contributed by atoms with Gasteiger partial charge in [0.2, 0.25) is 0 Å². The highest BCUT2D eigenvalue weighted by molar-refractivity contribution is 9.11. The van der Waals surface area contributed by atoms with Gasteiger partial charge in [-0.25, -0.2) is 0 Å². The molecule has 16 aromatic rings. The third kappa shape index (κ3) is 15.8. The molecule has 0 radical (unpaired) electrons. The minimum Gasteiger partial charge on any atom is -0.399 e. The molecule has 0 unspecified atom stereocenters. The van der Waals surface area contributed by atoms with Crippen molar-refractivity contribution >= 4 is 60.4 Å². The summed E-state index contributed by atoms with van der Waals surface area (Å²) in [7, 11) is -0.327. The van der Waals surface area contributed by atoms with E-state index < -0.39 is 0 Å². The van der Waals surface area contributed by atoms with Crippen LogP contribution in [-0.2, 0) is 9.31 Å². The fourth-order valence-electron chi connectivity index (χ4n) is 12.6. The molecule has 514 valence electrons. The number of hydrogen-bond acceptors (Lipinski definition) is 10. The highest BCUT2D eigenvalue weighted by Gasteiger charge is 2.51. The Morgan fingerprint density at radius 1 is 0.255 bits per heavy atom. The van der Waals surface area contributed by atoms with Gasteiger partial charge in [0, 0.05) is 113 Å². The van der Waals surface area contributed by atoms with E-state index in [2.05, 4.69) is 309 Å². The Kier molecular flexibility index (Phi) is 20.8. The van der Waals surface area contributed by atoms with Gasteiger partial charge in [0.05, 0.1) is 11.2 Å². The van der Waals surface area contributed by atoms with Crippen LogP contribution < -0.4 is 5.46 Å². The van der Waals surface area contributed by atoms with E-state index in [0.717, 1.165) is 154 Å². The average Bonchev–Trinajstić information content (AvgIpc) is 1.62. The molecule has 16 heteroatoms. The highest BCUT2D eigenvalue weighted by Crippen LogP contribution is 2.39. The lowest BCUT2D eigenvalue weighted by Gasteiger charge is -2.32. The van der Waals surface area contributed by atoms with Crippen LogP contribution in [0.25, 0.3) is 135 Å². The molecule has 10 aromatic carbocycles. The Bertz CT molecular complexity index is 5440. The Morgan fingerprint density at radius 3 is 0.792 bits per heavy atom. The first kappa shape index (κ1) is 70.2. The molecule has 0 bridgehead atoms. The van der Waals surface area contributed by atoms with E-state index in [9.17, 15) is 0 Å². The first-order chi connectivity index (χ1) is 51.7. The van der Waals surface area contributed by atoms with Crippen molar-refractivity contribution in [3.63, 3.8) is 0 Å².